The number of ether oxygens (including phenoxy) is 1. The van der Waals surface area contributed by atoms with Crippen LogP contribution in [0.1, 0.15) is 34.3 Å². The number of carboxylic acid groups (broad SMARTS) is 1. The molecule has 2 N–H and O–H groups in total. The molecule has 1 aliphatic heterocycles. The Bertz CT molecular complexity index is 1960. The number of likely N-dealkylation sites (tertiary alicyclic amines) is 1. The Morgan fingerprint density at radius 2 is 1.70 bits per heavy atom. The Morgan fingerprint density at radius 1 is 1.04 bits per heavy atom. The van der Waals surface area contributed by atoms with Gasteiger partial charge in [-0.05, 0) is 67.7 Å². The van der Waals surface area contributed by atoms with E-state index in [1.165, 1.54) is 38.0 Å². The Labute approximate surface area is 269 Å². The topological polar surface area (TPSA) is 123 Å². The second-order valence-corrected chi connectivity index (χ2v) is 11.8. The number of benzene rings is 3. The summed E-state index contributed by atoms with van der Waals surface area (Å²) in [6, 6.07) is 13.9. The molecular weight excluding hydrogens is 615 g/mol. The average molecular weight is 649 g/mol. The van der Waals surface area contributed by atoms with E-state index in [-0.39, 0.29) is 11.5 Å². The number of amides is 1. The Hall–Kier alpha value is -4.74. The summed E-state index contributed by atoms with van der Waals surface area (Å²) in [6.07, 6.45) is 2.23. The molecule has 0 bridgehead atoms. The molecule has 3 aromatic carbocycles. The molecule has 0 spiro atoms. The highest BCUT2D eigenvalue weighted by Gasteiger charge is 2.26. The molecule has 5 rings (SSSR count). The van der Waals surface area contributed by atoms with E-state index in [1.807, 2.05) is 24.0 Å². The minimum absolute atomic E-state index is 0.182. The molecule has 4 aromatic rings. The van der Waals surface area contributed by atoms with E-state index in [0.29, 0.717) is 82.3 Å². The van der Waals surface area contributed by atoms with Crippen LogP contribution in [-0.2, 0) is 25.4 Å². The van der Waals surface area contributed by atoms with Gasteiger partial charge in [-0.15, -0.1) is 0 Å². The molecule has 10 nitrogen and oxygen atoms in total. The monoisotopic (exact) mass is 648 g/mol. The Balaban J connectivity index is 1.44. The summed E-state index contributed by atoms with van der Waals surface area (Å²) in [4.78, 5) is 51.1. The second-order valence-electron chi connectivity index (χ2n) is 11.4. The van der Waals surface area contributed by atoms with Crippen LogP contribution in [0.2, 0.25) is 5.02 Å². The van der Waals surface area contributed by atoms with Crippen molar-refractivity contribution < 1.29 is 23.8 Å². The number of aromatic nitrogens is 2. The van der Waals surface area contributed by atoms with E-state index in [4.69, 9.17) is 16.3 Å². The minimum atomic E-state index is -0.799. The highest BCUT2D eigenvalue weighted by molar-refractivity contribution is 6.36. The number of carbonyl (C=O) groups is 2. The zero-order valence-electron chi connectivity index (χ0n) is 25.9. The molecule has 0 saturated carbocycles. The summed E-state index contributed by atoms with van der Waals surface area (Å²) in [5.74, 6) is -1.93. The van der Waals surface area contributed by atoms with E-state index in [2.05, 4.69) is 5.32 Å². The van der Waals surface area contributed by atoms with Gasteiger partial charge in [0.25, 0.3) is 11.5 Å². The number of rotatable bonds is 8. The van der Waals surface area contributed by atoms with Crippen LogP contribution in [0, 0.1) is 18.7 Å². The lowest BCUT2D eigenvalue weighted by molar-refractivity contribution is -0.143. The molecule has 0 aliphatic carbocycles. The zero-order valence-corrected chi connectivity index (χ0v) is 26.7. The molecule has 0 radical (unpaired) electrons. The first-order valence-corrected chi connectivity index (χ1v) is 15.1. The minimum Gasteiger partial charge on any atom is -0.496 e. The quantitative estimate of drug-likeness (QED) is 0.273. The average Bonchev–Trinajstić information content (AvgIpc) is 3.04. The van der Waals surface area contributed by atoms with Crippen molar-refractivity contribution >= 4 is 29.2 Å². The number of nitrogens with zero attached hydrogens (tertiary/aromatic N) is 3. The summed E-state index contributed by atoms with van der Waals surface area (Å²) >= 11 is 6.97. The summed E-state index contributed by atoms with van der Waals surface area (Å²) in [5.41, 5.74) is 2.54. The zero-order chi connectivity index (χ0) is 33.3. The predicted octanol–water partition coefficient (Wildman–Crippen LogP) is 5.08. The van der Waals surface area contributed by atoms with Gasteiger partial charge in [0.2, 0.25) is 0 Å². The van der Waals surface area contributed by atoms with Crippen molar-refractivity contribution in [1.82, 2.24) is 14.0 Å². The van der Waals surface area contributed by atoms with Gasteiger partial charge in [-0.25, -0.2) is 9.18 Å². The van der Waals surface area contributed by atoms with E-state index in [9.17, 15) is 24.3 Å². The molecule has 1 saturated heterocycles. The number of aryl methyl sites for hydroxylation is 1. The number of nitrogens with one attached hydrogen (secondary N) is 1. The van der Waals surface area contributed by atoms with E-state index in [1.54, 1.807) is 30.3 Å². The fourth-order valence-corrected chi connectivity index (χ4v) is 6.18. The third-order valence-corrected chi connectivity index (χ3v) is 8.97. The summed E-state index contributed by atoms with van der Waals surface area (Å²) in [7, 11) is 4.25. The van der Waals surface area contributed by atoms with Crippen LogP contribution >= 0.6 is 11.6 Å². The molecule has 1 fully saturated rings. The number of halogens is 2. The number of methoxy groups -OCH3 is 1. The lowest BCUT2D eigenvalue weighted by atomic mass is 9.94. The fourth-order valence-electron chi connectivity index (χ4n) is 5.84. The van der Waals surface area contributed by atoms with Gasteiger partial charge in [-0.1, -0.05) is 41.9 Å². The fraction of sp³-hybridized carbons (Fsp3) is 0.294. The van der Waals surface area contributed by atoms with Crippen molar-refractivity contribution in [3.8, 4) is 28.0 Å². The number of aliphatic carboxylic acids is 1. The maximum Gasteiger partial charge on any atom is 0.330 e. The SMILES string of the molecule is COc1cc(-c2cccc(-c3cccc(NC(=O)c4cn(C)c(=O)n(C)c4=O)c3C)c2Cl)cc(F)c1CN1CCC(C(=O)O)CC1. The molecule has 46 heavy (non-hydrogen) atoms. The molecule has 240 valence electrons. The van der Waals surface area contributed by atoms with Crippen molar-refractivity contribution in [3.05, 3.63) is 103 Å². The van der Waals surface area contributed by atoms with Crippen LogP contribution in [-0.4, -0.2) is 51.2 Å². The van der Waals surface area contributed by atoms with Gasteiger partial charge in [0, 0.05) is 49.2 Å². The third-order valence-electron chi connectivity index (χ3n) is 8.57. The highest BCUT2D eigenvalue weighted by Crippen LogP contribution is 2.41. The van der Waals surface area contributed by atoms with Crippen LogP contribution in [0.15, 0.2) is 64.3 Å². The maximum atomic E-state index is 15.7. The predicted molar refractivity (Wildman–Crippen MR) is 174 cm³/mol. The smallest absolute Gasteiger partial charge is 0.330 e. The van der Waals surface area contributed by atoms with Crippen molar-refractivity contribution in [3.63, 3.8) is 0 Å². The van der Waals surface area contributed by atoms with Gasteiger partial charge in [-0.2, -0.15) is 0 Å². The molecular formula is C34H34ClFN4O6. The summed E-state index contributed by atoms with van der Waals surface area (Å²) in [5, 5.41) is 12.4. The number of hydrogen-bond donors (Lipinski definition) is 2. The van der Waals surface area contributed by atoms with E-state index in [0.717, 1.165) is 4.57 Å². The van der Waals surface area contributed by atoms with Crippen molar-refractivity contribution in [2.45, 2.75) is 26.3 Å². The normalized spacial score (nSPS) is 13.9. The Morgan fingerprint density at radius 3 is 2.37 bits per heavy atom. The lowest BCUT2D eigenvalue weighted by Gasteiger charge is -2.30. The van der Waals surface area contributed by atoms with Crippen molar-refractivity contribution in [2.75, 3.05) is 25.5 Å². The number of carbonyl (C=O) groups excluding carboxylic acids is 1. The van der Waals surface area contributed by atoms with Crippen molar-refractivity contribution in [2.24, 2.45) is 20.0 Å². The van der Waals surface area contributed by atoms with E-state index < -0.39 is 28.9 Å². The first-order valence-electron chi connectivity index (χ1n) is 14.7. The second kappa shape index (κ2) is 13.3. The van der Waals surface area contributed by atoms with Crippen LogP contribution in [0.4, 0.5) is 10.1 Å². The molecule has 2 heterocycles. The number of piperidine rings is 1. The van der Waals surface area contributed by atoms with Crippen LogP contribution in [0.3, 0.4) is 0 Å². The van der Waals surface area contributed by atoms with Crippen LogP contribution in [0.25, 0.3) is 22.3 Å². The van der Waals surface area contributed by atoms with Crippen LogP contribution in [0.5, 0.6) is 5.75 Å². The summed E-state index contributed by atoms with van der Waals surface area (Å²) in [6.45, 7) is 3.20. The standard InChI is InChI=1S/C34H34ClFN4O6/c1-19-22(7-6-10-28(19)37-31(41)26-17-38(2)34(45)39(3)32(26)42)24-9-5-8-23(30(24)35)21-15-27(36)25(29(16-21)46-4)18-40-13-11-20(12-14-40)33(43)44/h5-10,15-17,20H,11-14,18H2,1-4H3,(H,37,41)(H,43,44). The highest BCUT2D eigenvalue weighted by atomic mass is 35.5. The van der Waals surface area contributed by atoms with Gasteiger partial charge in [-0.3, -0.25) is 23.9 Å². The van der Waals surface area contributed by atoms with Crippen LogP contribution < -0.4 is 21.3 Å². The molecule has 12 heteroatoms. The maximum absolute atomic E-state index is 15.7. The molecule has 1 aliphatic rings. The van der Waals surface area contributed by atoms with E-state index >= 15 is 4.39 Å². The number of hydrogen-bond acceptors (Lipinski definition) is 6. The lowest BCUT2D eigenvalue weighted by Crippen LogP contribution is -2.40. The van der Waals surface area contributed by atoms with Gasteiger partial charge in [0.15, 0.2) is 0 Å². The molecule has 0 atom stereocenters. The van der Waals surface area contributed by atoms with Gasteiger partial charge in [0.05, 0.1) is 18.1 Å². The van der Waals surface area contributed by atoms with Gasteiger partial charge >= 0.3 is 11.7 Å². The molecule has 1 aromatic heterocycles. The first kappa shape index (κ1) is 32.6. The number of anilines is 1. The third kappa shape index (κ3) is 6.33. The molecule has 0 unspecified atom stereocenters. The number of carboxylic acids is 1. The van der Waals surface area contributed by atoms with Crippen molar-refractivity contribution in [1.29, 1.82) is 0 Å². The first-order chi connectivity index (χ1) is 21.9. The van der Waals surface area contributed by atoms with Gasteiger partial charge < -0.3 is 19.7 Å². The Kier molecular flexibility index (Phi) is 9.45. The largest absolute Gasteiger partial charge is 0.496 e. The van der Waals surface area contributed by atoms with Gasteiger partial charge in [0.1, 0.15) is 17.1 Å². The molecule has 1 amide bonds. The summed E-state index contributed by atoms with van der Waals surface area (Å²) < 4.78 is 23.3.